The van der Waals surface area contributed by atoms with Gasteiger partial charge in [0.15, 0.2) is 5.01 Å². The molecule has 7 heteroatoms. The predicted octanol–water partition coefficient (Wildman–Crippen LogP) is 4.18. The minimum atomic E-state index is -4.46. The molecule has 1 heterocycles. The minimum Gasteiger partial charge on any atom is -0.385 e. The standard InChI is InChI=1S/C14H20F3NO2S/c1-2-20-12(9-6-4-3-5-7-9)11(19)10-8-18-13(21-10)14(15,16)17/h8-9,11-12,19H,2-7H2,1H3. The minimum absolute atomic E-state index is 0.199. The molecule has 2 atom stereocenters. The second kappa shape index (κ2) is 7.07. The van der Waals surface area contributed by atoms with E-state index in [1.165, 1.54) is 6.42 Å². The normalized spacial score (nSPS) is 20.4. The van der Waals surface area contributed by atoms with Crippen LogP contribution in [0.3, 0.4) is 0 Å². The average molecular weight is 323 g/mol. The van der Waals surface area contributed by atoms with Crippen LogP contribution in [0.5, 0.6) is 0 Å². The summed E-state index contributed by atoms with van der Waals surface area (Å²) in [5, 5.41) is 9.50. The molecule has 0 spiro atoms. The van der Waals surface area contributed by atoms with E-state index < -0.39 is 23.4 Å². The molecule has 120 valence electrons. The number of aliphatic hydroxyl groups is 1. The summed E-state index contributed by atoms with van der Waals surface area (Å²) in [6.45, 7) is 2.26. The SMILES string of the molecule is CCOC(C1CCCCC1)C(O)c1cnc(C(F)(F)F)s1. The first kappa shape index (κ1) is 16.7. The molecule has 3 nitrogen and oxygen atoms in total. The number of thiazole rings is 1. The Bertz CT molecular complexity index is 444. The van der Waals surface area contributed by atoms with Crippen LogP contribution >= 0.6 is 11.3 Å². The highest BCUT2D eigenvalue weighted by Crippen LogP contribution is 2.39. The van der Waals surface area contributed by atoms with Crippen LogP contribution in [0.1, 0.15) is 55.0 Å². The van der Waals surface area contributed by atoms with Gasteiger partial charge in [-0.05, 0) is 25.7 Å². The van der Waals surface area contributed by atoms with Gasteiger partial charge in [-0.25, -0.2) is 4.98 Å². The van der Waals surface area contributed by atoms with Gasteiger partial charge in [-0.3, -0.25) is 0 Å². The number of halogens is 3. The lowest BCUT2D eigenvalue weighted by Crippen LogP contribution is -2.32. The zero-order chi connectivity index (χ0) is 15.5. The number of aliphatic hydroxyl groups excluding tert-OH is 1. The lowest BCUT2D eigenvalue weighted by atomic mass is 9.83. The average Bonchev–Trinajstić information content (AvgIpc) is 2.95. The largest absolute Gasteiger partial charge is 0.443 e. The Labute approximate surface area is 126 Å². The molecular weight excluding hydrogens is 303 g/mol. The van der Waals surface area contributed by atoms with Crippen LogP contribution in [-0.2, 0) is 10.9 Å². The lowest BCUT2D eigenvalue weighted by Gasteiger charge is -2.32. The van der Waals surface area contributed by atoms with Gasteiger partial charge < -0.3 is 9.84 Å². The Morgan fingerprint density at radius 2 is 2.05 bits per heavy atom. The predicted molar refractivity (Wildman–Crippen MR) is 74.1 cm³/mol. The molecule has 1 aliphatic rings. The Morgan fingerprint density at radius 3 is 2.57 bits per heavy atom. The van der Waals surface area contributed by atoms with Crippen molar-refractivity contribution in [3.05, 3.63) is 16.1 Å². The maximum Gasteiger partial charge on any atom is 0.443 e. The molecule has 0 bridgehead atoms. The van der Waals surface area contributed by atoms with Gasteiger partial charge in [0.2, 0.25) is 0 Å². The summed E-state index contributed by atoms with van der Waals surface area (Å²) in [6, 6.07) is 0. The van der Waals surface area contributed by atoms with Crippen molar-refractivity contribution >= 4 is 11.3 Å². The summed E-state index contributed by atoms with van der Waals surface area (Å²) in [4.78, 5) is 3.60. The number of hydrogen-bond acceptors (Lipinski definition) is 4. The second-order valence-electron chi connectivity index (χ2n) is 5.33. The van der Waals surface area contributed by atoms with Gasteiger partial charge in [0.25, 0.3) is 0 Å². The smallest absolute Gasteiger partial charge is 0.385 e. The fraction of sp³-hybridized carbons (Fsp3) is 0.786. The summed E-state index contributed by atoms with van der Waals surface area (Å²) in [6.07, 6.45) is 0.401. The molecule has 1 saturated carbocycles. The quantitative estimate of drug-likeness (QED) is 0.884. The topological polar surface area (TPSA) is 42.4 Å². The van der Waals surface area contributed by atoms with Crippen LogP contribution in [-0.4, -0.2) is 22.8 Å². The fourth-order valence-corrected chi connectivity index (χ4v) is 3.66. The molecule has 1 aromatic rings. The van der Waals surface area contributed by atoms with E-state index in [-0.39, 0.29) is 10.8 Å². The molecule has 0 amide bonds. The number of aromatic nitrogens is 1. The van der Waals surface area contributed by atoms with Crippen LogP contribution in [0, 0.1) is 5.92 Å². The summed E-state index contributed by atoms with van der Waals surface area (Å²) < 4.78 is 43.5. The van der Waals surface area contributed by atoms with Gasteiger partial charge in [-0.2, -0.15) is 13.2 Å². The first-order valence-electron chi connectivity index (χ1n) is 7.26. The monoisotopic (exact) mass is 323 g/mol. The van der Waals surface area contributed by atoms with Crippen molar-refractivity contribution in [1.82, 2.24) is 4.98 Å². The first-order chi connectivity index (χ1) is 9.93. The summed E-state index contributed by atoms with van der Waals surface area (Å²) in [5.41, 5.74) is 0. The molecule has 1 aromatic heterocycles. The Morgan fingerprint density at radius 1 is 1.38 bits per heavy atom. The zero-order valence-electron chi connectivity index (χ0n) is 11.9. The molecule has 0 saturated heterocycles. The fourth-order valence-electron chi connectivity index (χ4n) is 2.86. The van der Waals surface area contributed by atoms with Crippen molar-refractivity contribution in [3.63, 3.8) is 0 Å². The highest BCUT2D eigenvalue weighted by atomic mass is 32.1. The molecule has 1 fully saturated rings. The molecular formula is C14H20F3NO2S. The second-order valence-corrected chi connectivity index (χ2v) is 6.39. The van der Waals surface area contributed by atoms with E-state index in [9.17, 15) is 18.3 Å². The third kappa shape index (κ3) is 4.17. The van der Waals surface area contributed by atoms with E-state index in [0.717, 1.165) is 31.9 Å². The van der Waals surface area contributed by atoms with Gasteiger partial charge in [0.05, 0.1) is 11.0 Å². The highest BCUT2D eigenvalue weighted by molar-refractivity contribution is 7.11. The summed E-state index contributed by atoms with van der Waals surface area (Å²) in [7, 11) is 0. The highest BCUT2D eigenvalue weighted by Gasteiger charge is 2.37. The number of hydrogen-bond donors (Lipinski definition) is 1. The van der Waals surface area contributed by atoms with Crippen molar-refractivity contribution in [3.8, 4) is 0 Å². The Kier molecular flexibility index (Phi) is 5.62. The number of rotatable bonds is 5. The molecule has 0 aromatic carbocycles. The van der Waals surface area contributed by atoms with Crippen LogP contribution in [0.15, 0.2) is 6.20 Å². The van der Waals surface area contributed by atoms with Crippen molar-refractivity contribution < 1.29 is 23.0 Å². The van der Waals surface area contributed by atoms with Crippen molar-refractivity contribution in [1.29, 1.82) is 0 Å². The van der Waals surface area contributed by atoms with Gasteiger partial charge >= 0.3 is 6.18 Å². The van der Waals surface area contributed by atoms with E-state index in [1.807, 2.05) is 6.92 Å². The van der Waals surface area contributed by atoms with E-state index in [2.05, 4.69) is 4.98 Å². The van der Waals surface area contributed by atoms with E-state index >= 15 is 0 Å². The van der Waals surface area contributed by atoms with Crippen molar-refractivity contribution in [2.24, 2.45) is 5.92 Å². The van der Waals surface area contributed by atoms with Crippen molar-refractivity contribution in [2.45, 2.75) is 57.4 Å². The molecule has 1 N–H and O–H groups in total. The van der Waals surface area contributed by atoms with Gasteiger partial charge in [0.1, 0.15) is 6.10 Å². The number of alkyl halides is 3. The van der Waals surface area contributed by atoms with Crippen LogP contribution in [0.4, 0.5) is 13.2 Å². The maximum absolute atomic E-state index is 12.6. The molecule has 1 aliphatic carbocycles. The van der Waals surface area contributed by atoms with Crippen LogP contribution in [0.25, 0.3) is 0 Å². The van der Waals surface area contributed by atoms with Crippen LogP contribution < -0.4 is 0 Å². The first-order valence-corrected chi connectivity index (χ1v) is 8.07. The van der Waals surface area contributed by atoms with Gasteiger partial charge in [-0.15, -0.1) is 11.3 Å². The van der Waals surface area contributed by atoms with E-state index in [0.29, 0.717) is 17.9 Å². The third-order valence-electron chi connectivity index (χ3n) is 3.84. The molecule has 2 rings (SSSR count). The van der Waals surface area contributed by atoms with E-state index in [4.69, 9.17) is 4.74 Å². The molecule has 2 unspecified atom stereocenters. The van der Waals surface area contributed by atoms with Gasteiger partial charge in [-0.1, -0.05) is 19.3 Å². The molecule has 0 radical (unpaired) electrons. The Balaban J connectivity index is 2.13. The van der Waals surface area contributed by atoms with E-state index in [1.54, 1.807) is 0 Å². The lowest BCUT2D eigenvalue weighted by molar-refractivity contribution is -0.137. The summed E-state index contributed by atoms with van der Waals surface area (Å²) in [5.74, 6) is 0.199. The Hall–Kier alpha value is -0.660. The maximum atomic E-state index is 12.6. The van der Waals surface area contributed by atoms with Crippen LogP contribution in [0.2, 0.25) is 0 Å². The molecule has 21 heavy (non-hydrogen) atoms. The van der Waals surface area contributed by atoms with Gasteiger partial charge in [0, 0.05) is 12.8 Å². The number of ether oxygens (including phenoxy) is 1. The van der Waals surface area contributed by atoms with Crippen molar-refractivity contribution in [2.75, 3.05) is 6.61 Å². The number of nitrogens with zero attached hydrogens (tertiary/aromatic N) is 1. The zero-order valence-corrected chi connectivity index (χ0v) is 12.7. The third-order valence-corrected chi connectivity index (χ3v) is 4.96. The summed E-state index contributed by atoms with van der Waals surface area (Å²) >= 11 is 0.500. The molecule has 0 aliphatic heterocycles.